The molecular formula is C11H7IN2O. The van der Waals surface area contributed by atoms with E-state index < -0.39 is 0 Å². The number of Topliss-reactive ketones (excluding diaryl/α,β-unsaturated/α-hetero) is 1. The molecule has 1 aliphatic rings. The Morgan fingerprint density at radius 2 is 2.27 bits per heavy atom. The number of rotatable bonds is 0. The Bertz CT molecular complexity index is 598. The van der Waals surface area contributed by atoms with Gasteiger partial charge in [-0.2, -0.15) is 5.10 Å². The van der Waals surface area contributed by atoms with Crippen molar-refractivity contribution < 1.29 is 4.79 Å². The van der Waals surface area contributed by atoms with Gasteiger partial charge in [0.2, 0.25) is 0 Å². The van der Waals surface area contributed by atoms with Crippen LogP contribution in [0.1, 0.15) is 16.9 Å². The van der Waals surface area contributed by atoms with E-state index in [4.69, 9.17) is 0 Å². The molecule has 3 nitrogen and oxygen atoms in total. The molecule has 1 aliphatic heterocycles. The first-order valence-electron chi connectivity index (χ1n) is 4.63. The van der Waals surface area contributed by atoms with Crippen LogP contribution in [0.5, 0.6) is 0 Å². The Labute approximate surface area is 99.9 Å². The molecular weight excluding hydrogens is 303 g/mol. The van der Waals surface area contributed by atoms with Crippen molar-refractivity contribution in [3.8, 4) is 0 Å². The SMILES string of the molecule is O=C1CC=Nn2c1cc1c(I)cccc12. The Kier molecular flexibility index (Phi) is 1.92. The summed E-state index contributed by atoms with van der Waals surface area (Å²) in [5, 5.41) is 5.34. The number of benzene rings is 1. The second-order valence-corrected chi connectivity index (χ2v) is 4.60. The summed E-state index contributed by atoms with van der Waals surface area (Å²) < 4.78 is 2.87. The number of fused-ring (bicyclic) bond motifs is 3. The lowest BCUT2D eigenvalue weighted by atomic mass is 10.2. The summed E-state index contributed by atoms with van der Waals surface area (Å²) >= 11 is 2.27. The molecule has 0 spiro atoms. The molecule has 0 saturated carbocycles. The van der Waals surface area contributed by atoms with Gasteiger partial charge in [0.15, 0.2) is 5.78 Å². The van der Waals surface area contributed by atoms with Crippen molar-refractivity contribution in [3.63, 3.8) is 0 Å². The second-order valence-electron chi connectivity index (χ2n) is 3.44. The lowest BCUT2D eigenvalue weighted by Gasteiger charge is -2.06. The number of nitrogens with zero attached hydrogens (tertiary/aromatic N) is 2. The molecule has 4 heteroatoms. The molecule has 2 heterocycles. The average Bonchev–Trinajstić information content (AvgIpc) is 2.60. The van der Waals surface area contributed by atoms with E-state index in [2.05, 4.69) is 27.7 Å². The first-order chi connectivity index (χ1) is 7.27. The predicted octanol–water partition coefficient (Wildman–Crippen LogP) is 2.67. The first-order valence-corrected chi connectivity index (χ1v) is 5.71. The largest absolute Gasteiger partial charge is 0.292 e. The number of carbonyl (C=O) groups excluding carboxylic acids is 1. The fourth-order valence-electron chi connectivity index (χ4n) is 1.81. The lowest BCUT2D eigenvalue weighted by Crippen LogP contribution is -2.11. The van der Waals surface area contributed by atoms with Gasteiger partial charge in [-0.05, 0) is 40.8 Å². The minimum atomic E-state index is 0.136. The van der Waals surface area contributed by atoms with Crippen molar-refractivity contribution in [1.82, 2.24) is 4.68 Å². The highest BCUT2D eigenvalue weighted by Crippen LogP contribution is 2.26. The summed E-state index contributed by atoms with van der Waals surface area (Å²) in [5.74, 6) is 0.136. The number of hydrogen-bond acceptors (Lipinski definition) is 2. The van der Waals surface area contributed by atoms with Crippen LogP contribution >= 0.6 is 22.6 Å². The zero-order valence-electron chi connectivity index (χ0n) is 7.77. The van der Waals surface area contributed by atoms with Gasteiger partial charge >= 0.3 is 0 Å². The topological polar surface area (TPSA) is 34.4 Å². The molecule has 0 bridgehead atoms. The van der Waals surface area contributed by atoms with Crippen LogP contribution in [-0.2, 0) is 0 Å². The van der Waals surface area contributed by atoms with Gasteiger partial charge in [-0.15, -0.1) is 0 Å². The Morgan fingerprint density at radius 3 is 3.13 bits per heavy atom. The average molecular weight is 310 g/mol. The van der Waals surface area contributed by atoms with Crippen LogP contribution in [0.3, 0.4) is 0 Å². The molecule has 0 saturated heterocycles. The summed E-state index contributed by atoms with van der Waals surface area (Å²) in [7, 11) is 0. The van der Waals surface area contributed by atoms with Gasteiger partial charge in [-0.3, -0.25) is 4.79 Å². The Balaban J connectivity index is 2.46. The molecule has 1 aromatic carbocycles. The molecule has 15 heavy (non-hydrogen) atoms. The normalized spacial score (nSPS) is 14.6. The van der Waals surface area contributed by atoms with E-state index in [0.29, 0.717) is 12.1 Å². The van der Waals surface area contributed by atoms with Crippen molar-refractivity contribution in [2.75, 3.05) is 0 Å². The van der Waals surface area contributed by atoms with E-state index in [0.717, 1.165) is 14.5 Å². The number of hydrogen-bond donors (Lipinski definition) is 0. The van der Waals surface area contributed by atoms with Crippen LogP contribution in [-0.4, -0.2) is 16.7 Å². The monoisotopic (exact) mass is 310 g/mol. The van der Waals surface area contributed by atoms with Gasteiger partial charge in [0.05, 0.1) is 5.52 Å². The smallest absolute Gasteiger partial charge is 0.186 e. The predicted molar refractivity (Wildman–Crippen MR) is 67.5 cm³/mol. The molecule has 74 valence electrons. The first kappa shape index (κ1) is 9.08. The third-order valence-corrected chi connectivity index (χ3v) is 3.47. The molecule has 0 radical (unpaired) electrons. The fourth-order valence-corrected chi connectivity index (χ4v) is 2.45. The summed E-state index contributed by atoms with van der Waals surface area (Å²) in [6.45, 7) is 0. The van der Waals surface area contributed by atoms with E-state index in [9.17, 15) is 4.79 Å². The van der Waals surface area contributed by atoms with Gasteiger partial charge in [-0.25, -0.2) is 4.68 Å². The van der Waals surface area contributed by atoms with Crippen LogP contribution in [0.2, 0.25) is 0 Å². The van der Waals surface area contributed by atoms with Crippen molar-refractivity contribution in [2.24, 2.45) is 5.10 Å². The number of aromatic nitrogens is 1. The summed E-state index contributed by atoms with van der Waals surface area (Å²) in [6.07, 6.45) is 2.07. The molecule has 0 N–H and O–H groups in total. The third kappa shape index (κ3) is 1.24. The quantitative estimate of drug-likeness (QED) is 0.689. The summed E-state index contributed by atoms with van der Waals surface area (Å²) in [4.78, 5) is 11.7. The maximum Gasteiger partial charge on any atom is 0.186 e. The van der Waals surface area contributed by atoms with Crippen LogP contribution < -0.4 is 0 Å². The zero-order valence-corrected chi connectivity index (χ0v) is 9.93. The van der Waals surface area contributed by atoms with Gasteiger partial charge in [0, 0.05) is 21.6 Å². The van der Waals surface area contributed by atoms with Crippen LogP contribution in [0.15, 0.2) is 29.4 Å². The van der Waals surface area contributed by atoms with E-state index >= 15 is 0 Å². The minimum absolute atomic E-state index is 0.136. The molecule has 0 amide bonds. The van der Waals surface area contributed by atoms with E-state index in [1.807, 2.05) is 24.3 Å². The highest BCUT2D eigenvalue weighted by molar-refractivity contribution is 14.1. The lowest BCUT2D eigenvalue weighted by molar-refractivity contribution is 0.0990. The maximum atomic E-state index is 11.7. The van der Waals surface area contributed by atoms with Crippen LogP contribution in [0.4, 0.5) is 0 Å². The van der Waals surface area contributed by atoms with E-state index in [1.54, 1.807) is 10.9 Å². The van der Waals surface area contributed by atoms with Crippen molar-refractivity contribution in [1.29, 1.82) is 0 Å². The molecule has 0 fully saturated rings. The standard InChI is InChI=1S/C11H7IN2O/c12-8-2-1-3-9-7(8)6-10-11(15)4-5-13-14(9)10/h1-3,5-6H,4H2. The molecule has 1 aromatic heterocycles. The second kappa shape index (κ2) is 3.16. The van der Waals surface area contributed by atoms with Gasteiger partial charge < -0.3 is 0 Å². The molecule has 0 atom stereocenters. The fraction of sp³-hybridized carbons (Fsp3) is 0.0909. The van der Waals surface area contributed by atoms with E-state index in [1.165, 1.54) is 0 Å². The highest BCUT2D eigenvalue weighted by atomic mass is 127. The van der Waals surface area contributed by atoms with Gasteiger partial charge in [-0.1, -0.05) is 6.07 Å². The zero-order chi connectivity index (χ0) is 10.4. The molecule has 0 aliphatic carbocycles. The summed E-state index contributed by atoms with van der Waals surface area (Å²) in [5.41, 5.74) is 1.69. The van der Waals surface area contributed by atoms with Crippen LogP contribution in [0.25, 0.3) is 10.9 Å². The molecule has 3 rings (SSSR count). The van der Waals surface area contributed by atoms with Crippen molar-refractivity contribution >= 4 is 45.5 Å². The van der Waals surface area contributed by atoms with Crippen molar-refractivity contribution in [2.45, 2.75) is 6.42 Å². The maximum absolute atomic E-state index is 11.7. The number of ketones is 1. The van der Waals surface area contributed by atoms with Gasteiger partial charge in [0.25, 0.3) is 0 Å². The number of halogens is 1. The molecule has 0 unspecified atom stereocenters. The third-order valence-electron chi connectivity index (χ3n) is 2.53. The number of carbonyl (C=O) groups is 1. The van der Waals surface area contributed by atoms with Crippen LogP contribution in [0, 0.1) is 3.57 Å². The molecule has 2 aromatic rings. The Hall–Kier alpha value is -1.17. The van der Waals surface area contributed by atoms with E-state index in [-0.39, 0.29) is 5.78 Å². The minimum Gasteiger partial charge on any atom is -0.292 e. The Morgan fingerprint density at radius 1 is 1.40 bits per heavy atom. The van der Waals surface area contributed by atoms with Gasteiger partial charge in [0.1, 0.15) is 5.69 Å². The van der Waals surface area contributed by atoms with Crippen molar-refractivity contribution in [3.05, 3.63) is 33.5 Å². The summed E-state index contributed by atoms with van der Waals surface area (Å²) in [6, 6.07) is 7.92. The highest BCUT2D eigenvalue weighted by Gasteiger charge is 2.18.